The molecule has 4 aromatic rings. The lowest BCUT2D eigenvalue weighted by Crippen LogP contribution is -2.04. The Labute approximate surface area is 170 Å². The molecule has 0 aliphatic carbocycles. The fraction of sp³-hybridized carbons (Fsp3) is 0.0952. The van der Waals surface area contributed by atoms with E-state index in [4.69, 9.17) is 21.3 Å². The van der Waals surface area contributed by atoms with Crippen LogP contribution >= 0.6 is 11.6 Å². The molecule has 0 amide bonds. The monoisotopic (exact) mass is 406 g/mol. The van der Waals surface area contributed by atoms with E-state index in [1.54, 1.807) is 18.3 Å². The third kappa shape index (κ3) is 2.96. The molecule has 0 spiro atoms. The number of nitrogens with zero attached hydrogens (tertiary/aromatic N) is 4. The Morgan fingerprint density at radius 3 is 2.86 bits per heavy atom. The Hall–Kier alpha value is -3.58. The number of rotatable bonds is 3. The van der Waals surface area contributed by atoms with Crippen molar-refractivity contribution in [3.05, 3.63) is 71.6 Å². The summed E-state index contributed by atoms with van der Waals surface area (Å²) in [6.45, 7) is 1.05. The van der Waals surface area contributed by atoms with Crippen molar-refractivity contribution in [2.45, 2.75) is 6.54 Å². The number of fused-ring (bicyclic) bond motifs is 3. The zero-order valence-corrected chi connectivity index (χ0v) is 15.9. The van der Waals surface area contributed by atoms with Crippen molar-refractivity contribution in [1.82, 2.24) is 19.1 Å². The molecule has 2 aromatic heterocycles. The Morgan fingerprint density at radius 2 is 2.03 bits per heavy atom. The molecule has 0 radical (unpaired) electrons. The van der Waals surface area contributed by atoms with Gasteiger partial charge in [-0.2, -0.15) is 0 Å². The van der Waals surface area contributed by atoms with Gasteiger partial charge in [0, 0.05) is 18.6 Å². The lowest BCUT2D eigenvalue weighted by atomic mass is 10.1. The van der Waals surface area contributed by atoms with Crippen molar-refractivity contribution < 1.29 is 14.6 Å². The normalized spacial score (nSPS) is 12.6. The second-order valence-corrected chi connectivity index (χ2v) is 6.99. The van der Waals surface area contributed by atoms with Gasteiger partial charge in [-0.05, 0) is 30.3 Å². The van der Waals surface area contributed by atoms with Gasteiger partial charge in [0.25, 0.3) is 0 Å². The highest BCUT2D eigenvalue weighted by atomic mass is 35.5. The second kappa shape index (κ2) is 6.79. The number of aromatic carboxylic acids is 1. The molecule has 0 saturated carbocycles. The summed E-state index contributed by atoms with van der Waals surface area (Å²) in [6.07, 6.45) is 5.43. The van der Waals surface area contributed by atoms with Crippen molar-refractivity contribution in [2.24, 2.45) is 0 Å². The largest absolute Gasteiger partial charge is 0.491 e. The molecule has 0 fully saturated rings. The number of benzene rings is 2. The van der Waals surface area contributed by atoms with E-state index in [1.807, 2.05) is 45.8 Å². The summed E-state index contributed by atoms with van der Waals surface area (Å²) in [7, 11) is 0. The number of aromatic nitrogens is 4. The van der Waals surface area contributed by atoms with Crippen molar-refractivity contribution in [3.8, 4) is 34.3 Å². The molecule has 0 unspecified atom stereocenters. The molecule has 0 bridgehead atoms. The summed E-state index contributed by atoms with van der Waals surface area (Å²) in [4.78, 5) is 20.7. The number of hydrogen-bond acceptors (Lipinski definition) is 4. The van der Waals surface area contributed by atoms with Crippen LogP contribution < -0.4 is 4.74 Å². The molecule has 0 saturated heterocycles. The van der Waals surface area contributed by atoms with E-state index >= 15 is 0 Å². The first-order valence-electron chi connectivity index (χ1n) is 8.98. The summed E-state index contributed by atoms with van der Waals surface area (Å²) in [6, 6.07) is 12.3. The van der Waals surface area contributed by atoms with Gasteiger partial charge in [-0.3, -0.25) is 4.57 Å². The lowest BCUT2D eigenvalue weighted by Gasteiger charge is -2.08. The van der Waals surface area contributed by atoms with Crippen LogP contribution in [0.25, 0.3) is 28.6 Å². The van der Waals surface area contributed by atoms with Crippen LogP contribution in [0.3, 0.4) is 0 Å². The van der Waals surface area contributed by atoms with Gasteiger partial charge < -0.3 is 14.4 Å². The number of para-hydroxylation sites is 1. The summed E-state index contributed by atoms with van der Waals surface area (Å²) in [5.74, 6) is 0.907. The first-order chi connectivity index (χ1) is 14.1. The maximum absolute atomic E-state index is 11.4. The quantitative estimate of drug-likeness (QED) is 0.552. The van der Waals surface area contributed by atoms with E-state index in [0.29, 0.717) is 46.8 Å². The smallest absolute Gasteiger partial charge is 0.335 e. The van der Waals surface area contributed by atoms with Crippen molar-refractivity contribution in [3.63, 3.8) is 0 Å². The summed E-state index contributed by atoms with van der Waals surface area (Å²) in [5, 5.41) is 9.96. The summed E-state index contributed by atoms with van der Waals surface area (Å²) < 4.78 is 9.61. The highest BCUT2D eigenvalue weighted by Gasteiger charge is 2.22. The predicted molar refractivity (Wildman–Crippen MR) is 108 cm³/mol. The molecule has 29 heavy (non-hydrogen) atoms. The number of halogens is 1. The van der Waals surface area contributed by atoms with Crippen LogP contribution in [0.1, 0.15) is 10.4 Å². The van der Waals surface area contributed by atoms with Gasteiger partial charge in [0.2, 0.25) is 0 Å². The summed E-state index contributed by atoms with van der Waals surface area (Å²) in [5.41, 5.74) is 2.30. The average molecular weight is 407 g/mol. The first-order valence-corrected chi connectivity index (χ1v) is 9.36. The zero-order chi connectivity index (χ0) is 20.0. The Morgan fingerprint density at radius 1 is 1.17 bits per heavy atom. The standard InChI is InChI=1S/C21H15ClN4O3/c22-15-3-1-2-4-17(15)26-8-7-23-20(26)16-12-25-9-10-29-18-6-5-13(21(27)28)11-14(18)19(25)24-16/h1-8,11-12H,9-10H2,(H,27,28). The van der Waals surface area contributed by atoms with Gasteiger partial charge in [0.05, 0.1) is 28.4 Å². The Bertz CT molecular complexity index is 1240. The minimum Gasteiger partial charge on any atom is -0.491 e. The highest BCUT2D eigenvalue weighted by Crippen LogP contribution is 2.35. The Balaban J connectivity index is 1.65. The molecular formula is C21H15ClN4O3. The van der Waals surface area contributed by atoms with Gasteiger partial charge in [-0.1, -0.05) is 23.7 Å². The van der Waals surface area contributed by atoms with E-state index in [9.17, 15) is 9.90 Å². The molecule has 2 aromatic carbocycles. The van der Waals surface area contributed by atoms with Crippen molar-refractivity contribution in [1.29, 1.82) is 0 Å². The number of carboxylic acid groups (broad SMARTS) is 1. The molecule has 144 valence electrons. The van der Waals surface area contributed by atoms with Crippen LogP contribution in [0, 0.1) is 0 Å². The molecule has 1 aliphatic heterocycles. The minimum absolute atomic E-state index is 0.183. The lowest BCUT2D eigenvalue weighted by molar-refractivity contribution is 0.0697. The van der Waals surface area contributed by atoms with Gasteiger partial charge in [-0.15, -0.1) is 0 Å². The molecule has 0 atom stereocenters. The number of hydrogen-bond donors (Lipinski definition) is 1. The van der Waals surface area contributed by atoms with E-state index < -0.39 is 5.97 Å². The van der Waals surface area contributed by atoms with Crippen LogP contribution in [0.4, 0.5) is 0 Å². The van der Waals surface area contributed by atoms with Gasteiger partial charge in [0.1, 0.15) is 23.9 Å². The average Bonchev–Trinajstić information content (AvgIpc) is 3.32. The van der Waals surface area contributed by atoms with Crippen molar-refractivity contribution in [2.75, 3.05) is 6.61 Å². The van der Waals surface area contributed by atoms with Gasteiger partial charge >= 0.3 is 5.97 Å². The molecule has 5 rings (SSSR count). The van der Waals surface area contributed by atoms with Crippen LogP contribution in [-0.4, -0.2) is 36.8 Å². The molecule has 8 heteroatoms. The number of ether oxygens (including phenoxy) is 1. The number of carbonyl (C=O) groups is 1. The van der Waals surface area contributed by atoms with E-state index in [2.05, 4.69) is 4.98 Å². The first kappa shape index (κ1) is 17.5. The second-order valence-electron chi connectivity index (χ2n) is 6.58. The van der Waals surface area contributed by atoms with Crippen LogP contribution in [-0.2, 0) is 6.54 Å². The van der Waals surface area contributed by atoms with Gasteiger partial charge in [-0.25, -0.2) is 14.8 Å². The van der Waals surface area contributed by atoms with Crippen LogP contribution in [0.15, 0.2) is 61.1 Å². The topological polar surface area (TPSA) is 82.2 Å². The molecule has 1 N–H and O–H groups in total. The van der Waals surface area contributed by atoms with Crippen molar-refractivity contribution >= 4 is 17.6 Å². The molecule has 3 heterocycles. The third-order valence-electron chi connectivity index (χ3n) is 4.82. The van der Waals surface area contributed by atoms with Crippen LogP contribution in [0.5, 0.6) is 5.75 Å². The van der Waals surface area contributed by atoms with E-state index in [-0.39, 0.29) is 5.56 Å². The maximum atomic E-state index is 11.4. The number of carboxylic acids is 1. The SMILES string of the molecule is O=C(O)c1ccc2c(c1)-c1nc(-c3nccn3-c3ccccc3Cl)cn1CCO2. The third-order valence-corrected chi connectivity index (χ3v) is 5.14. The van der Waals surface area contributed by atoms with E-state index in [1.165, 1.54) is 6.07 Å². The fourth-order valence-corrected chi connectivity index (χ4v) is 3.69. The minimum atomic E-state index is -0.996. The predicted octanol–water partition coefficient (Wildman–Crippen LogP) is 4.15. The zero-order valence-electron chi connectivity index (χ0n) is 15.1. The molecule has 7 nitrogen and oxygen atoms in total. The fourth-order valence-electron chi connectivity index (χ4n) is 3.46. The van der Waals surface area contributed by atoms with Crippen LogP contribution in [0.2, 0.25) is 5.02 Å². The van der Waals surface area contributed by atoms with E-state index in [0.717, 1.165) is 5.69 Å². The van der Waals surface area contributed by atoms with Gasteiger partial charge in [0.15, 0.2) is 5.82 Å². The number of imidazole rings is 2. The highest BCUT2D eigenvalue weighted by molar-refractivity contribution is 6.32. The maximum Gasteiger partial charge on any atom is 0.335 e. The molecular weight excluding hydrogens is 392 g/mol. The molecule has 1 aliphatic rings. The Kier molecular flexibility index (Phi) is 4.10. The summed E-state index contributed by atoms with van der Waals surface area (Å²) >= 11 is 6.37.